The van der Waals surface area contributed by atoms with Crippen LogP contribution in [-0.2, 0) is 4.74 Å². The Morgan fingerprint density at radius 3 is 2.50 bits per heavy atom. The van der Waals surface area contributed by atoms with Crippen LogP contribution in [0.4, 0.5) is 0 Å². The molecular weight excluding hydrogens is 256 g/mol. The number of amides is 1. The van der Waals surface area contributed by atoms with Crippen molar-refractivity contribution in [3.05, 3.63) is 71.3 Å². The molecule has 2 N–H and O–H groups in total. The molecule has 5 nitrogen and oxygen atoms in total. The van der Waals surface area contributed by atoms with Crippen molar-refractivity contribution in [3.63, 3.8) is 0 Å². The quantitative estimate of drug-likeness (QED) is 0.658. The van der Waals surface area contributed by atoms with Gasteiger partial charge >= 0.3 is 5.97 Å². The average molecular weight is 268 g/mol. The first-order valence-electron chi connectivity index (χ1n) is 6.16. The van der Waals surface area contributed by atoms with Crippen LogP contribution in [0.3, 0.4) is 0 Å². The average Bonchev–Trinajstić information content (AvgIpc) is 2.83. The molecule has 1 unspecified atom stereocenters. The van der Waals surface area contributed by atoms with Gasteiger partial charge in [0.2, 0.25) is 0 Å². The summed E-state index contributed by atoms with van der Waals surface area (Å²) in [5, 5.41) is 0. The predicted molar refractivity (Wildman–Crippen MR) is 71.6 cm³/mol. The highest BCUT2D eigenvalue weighted by Crippen LogP contribution is 2.27. The maximum atomic E-state index is 11.9. The van der Waals surface area contributed by atoms with Gasteiger partial charge in [-0.15, -0.1) is 0 Å². The maximum Gasteiger partial charge on any atom is 0.340 e. The highest BCUT2D eigenvalue weighted by molar-refractivity contribution is 5.95. The lowest BCUT2D eigenvalue weighted by Gasteiger charge is -2.13. The van der Waals surface area contributed by atoms with Crippen LogP contribution in [-0.4, -0.2) is 11.9 Å². The van der Waals surface area contributed by atoms with Crippen molar-refractivity contribution in [1.82, 2.24) is 10.9 Å². The molecule has 0 aromatic heterocycles. The van der Waals surface area contributed by atoms with Gasteiger partial charge in [0.15, 0.2) is 6.23 Å². The third-order valence-electron chi connectivity index (χ3n) is 3.04. The molecule has 3 rings (SSSR count). The molecule has 1 aliphatic rings. The molecule has 0 aliphatic carbocycles. The van der Waals surface area contributed by atoms with E-state index in [0.29, 0.717) is 16.7 Å². The molecule has 1 heterocycles. The fourth-order valence-corrected chi connectivity index (χ4v) is 2.05. The second-order valence-electron chi connectivity index (χ2n) is 4.34. The van der Waals surface area contributed by atoms with E-state index in [-0.39, 0.29) is 5.91 Å². The highest BCUT2D eigenvalue weighted by atomic mass is 16.6. The molecular formula is C15H12N2O3. The molecule has 2 aromatic rings. The van der Waals surface area contributed by atoms with Crippen molar-refractivity contribution in [2.24, 2.45) is 0 Å². The zero-order valence-electron chi connectivity index (χ0n) is 10.5. The fraction of sp³-hybridized carbons (Fsp3) is 0.0667. The predicted octanol–water partition coefficient (Wildman–Crippen LogP) is 1.79. The van der Waals surface area contributed by atoms with Crippen molar-refractivity contribution >= 4 is 11.9 Å². The Morgan fingerprint density at radius 1 is 1.00 bits per heavy atom. The SMILES string of the molecule is O=C(NNC1OC(=O)c2ccccc21)c1ccccc1. The monoisotopic (exact) mass is 268 g/mol. The Bertz CT molecular complexity index is 655. The van der Waals surface area contributed by atoms with Gasteiger partial charge in [-0.05, 0) is 18.2 Å². The number of hydrogen-bond acceptors (Lipinski definition) is 4. The summed E-state index contributed by atoms with van der Waals surface area (Å²) in [6, 6.07) is 15.8. The van der Waals surface area contributed by atoms with Crippen molar-refractivity contribution in [2.45, 2.75) is 6.23 Å². The third-order valence-corrected chi connectivity index (χ3v) is 3.04. The number of nitrogens with one attached hydrogen (secondary N) is 2. The molecule has 0 saturated carbocycles. The molecule has 1 amide bonds. The second-order valence-corrected chi connectivity index (χ2v) is 4.34. The number of hydrogen-bond donors (Lipinski definition) is 2. The van der Waals surface area contributed by atoms with Crippen LogP contribution in [0.25, 0.3) is 0 Å². The minimum Gasteiger partial charge on any atom is -0.437 e. The lowest BCUT2D eigenvalue weighted by Crippen LogP contribution is -2.40. The molecule has 0 fully saturated rings. The molecule has 0 bridgehead atoms. The van der Waals surface area contributed by atoms with Crippen LogP contribution in [0.5, 0.6) is 0 Å². The number of fused-ring (bicyclic) bond motifs is 1. The van der Waals surface area contributed by atoms with Gasteiger partial charge in [-0.3, -0.25) is 10.2 Å². The number of esters is 1. The molecule has 0 saturated heterocycles. The molecule has 20 heavy (non-hydrogen) atoms. The lowest BCUT2D eigenvalue weighted by molar-refractivity contribution is 0.0261. The molecule has 2 aromatic carbocycles. The van der Waals surface area contributed by atoms with Gasteiger partial charge in [0.05, 0.1) is 5.56 Å². The first-order chi connectivity index (χ1) is 9.75. The van der Waals surface area contributed by atoms with E-state index in [1.807, 2.05) is 12.1 Å². The van der Waals surface area contributed by atoms with Crippen molar-refractivity contribution in [2.75, 3.05) is 0 Å². The summed E-state index contributed by atoms with van der Waals surface area (Å²) in [6.07, 6.45) is -0.661. The first kappa shape index (κ1) is 12.4. The smallest absolute Gasteiger partial charge is 0.340 e. The third kappa shape index (κ3) is 2.26. The van der Waals surface area contributed by atoms with E-state index in [1.54, 1.807) is 42.5 Å². The summed E-state index contributed by atoms with van der Waals surface area (Å²) in [5.74, 6) is -0.682. The van der Waals surface area contributed by atoms with Gasteiger partial charge in [-0.25, -0.2) is 4.79 Å². The topological polar surface area (TPSA) is 67.4 Å². The zero-order valence-corrected chi connectivity index (χ0v) is 10.5. The number of carbonyl (C=O) groups excluding carboxylic acids is 2. The van der Waals surface area contributed by atoms with Gasteiger partial charge in [0.25, 0.3) is 5.91 Å². The van der Waals surface area contributed by atoms with Crippen LogP contribution in [0.2, 0.25) is 0 Å². The fourth-order valence-electron chi connectivity index (χ4n) is 2.05. The number of ether oxygens (including phenoxy) is 1. The number of carbonyl (C=O) groups is 2. The summed E-state index contributed by atoms with van der Waals surface area (Å²) in [4.78, 5) is 23.5. The van der Waals surface area contributed by atoms with Crippen LogP contribution in [0.15, 0.2) is 54.6 Å². The van der Waals surface area contributed by atoms with Crippen LogP contribution in [0.1, 0.15) is 32.5 Å². The van der Waals surface area contributed by atoms with E-state index in [2.05, 4.69) is 10.9 Å². The molecule has 1 atom stereocenters. The van der Waals surface area contributed by atoms with Gasteiger partial charge < -0.3 is 4.74 Å². The van der Waals surface area contributed by atoms with Crippen molar-refractivity contribution in [3.8, 4) is 0 Å². The van der Waals surface area contributed by atoms with Gasteiger partial charge in [0, 0.05) is 11.1 Å². The van der Waals surface area contributed by atoms with Crippen LogP contribution in [0, 0.1) is 0 Å². The van der Waals surface area contributed by atoms with Gasteiger partial charge in [-0.2, -0.15) is 5.43 Å². The minimum atomic E-state index is -0.661. The molecule has 0 radical (unpaired) electrons. The molecule has 1 aliphatic heterocycles. The molecule has 100 valence electrons. The standard InChI is InChI=1S/C15H12N2O3/c18-13(10-6-2-1-3-7-10)16-17-14-11-8-4-5-9-12(11)15(19)20-14/h1-9,14,17H,(H,16,18). The second kappa shape index (κ2) is 5.14. The number of rotatable bonds is 3. The van der Waals surface area contributed by atoms with E-state index in [0.717, 1.165) is 0 Å². The zero-order chi connectivity index (χ0) is 13.9. The summed E-state index contributed by atoms with van der Waals surface area (Å²) >= 11 is 0. The largest absolute Gasteiger partial charge is 0.437 e. The van der Waals surface area contributed by atoms with E-state index in [1.165, 1.54) is 0 Å². The van der Waals surface area contributed by atoms with Gasteiger partial charge in [-0.1, -0.05) is 36.4 Å². The van der Waals surface area contributed by atoms with Crippen LogP contribution < -0.4 is 10.9 Å². The normalized spacial score (nSPS) is 16.4. The number of hydrazine groups is 1. The van der Waals surface area contributed by atoms with E-state index in [9.17, 15) is 9.59 Å². The van der Waals surface area contributed by atoms with Crippen molar-refractivity contribution < 1.29 is 14.3 Å². The van der Waals surface area contributed by atoms with Crippen molar-refractivity contribution in [1.29, 1.82) is 0 Å². The molecule has 0 spiro atoms. The minimum absolute atomic E-state index is 0.286. The Balaban J connectivity index is 1.69. The summed E-state index contributed by atoms with van der Waals surface area (Å²) in [7, 11) is 0. The number of benzene rings is 2. The summed E-state index contributed by atoms with van der Waals surface area (Å²) in [6.45, 7) is 0. The van der Waals surface area contributed by atoms with E-state index >= 15 is 0 Å². The summed E-state index contributed by atoms with van der Waals surface area (Å²) in [5.41, 5.74) is 7.01. The first-order valence-corrected chi connectivity index (χ1v) is 6.16. The Morgan fingerprint density at radius 2 is 1.70 bits per heavy atom. The Hall–Kier alpha value is -2.66. The molecule has 5 heteroatoms. The van der Waals surface area contributed by atoms with E-state index < -0.39 is 12.2 Å². The number of cyclic esters (lactones) is 1. The highest BCUT2D eigenvalue weighted by Gasteiger charge is 2.30. The van der Waals surface area contributed by atoms with E-state index in [4.69, 9.17) is 4.74 Å². The summed E-state index contributed by atoms with van der Waals surface area (Å²) < 4.78 is 5.15. The lowest BCUT2D eigenvalue weighted by atomic mass is 10.1. The Kier molecular flexibility index (Phi) is 3.18. The Labute approximate surface area is 115 Å². The van der Waals surface area contributed by atoms with Gasteiger partial charge in [0.1, 0.15) is 0 Å². The van der Waals surface area contributed by atoms with Crippen LogP contribution >= 0.6 is 0 Å². The maximum absolute atomic E-state index is 11.9.